The number of carbonyl (C=O) groups is 1. The molecule has 0 saturated heterocycles. The van der Waals surface area contributed by atoms with Gasteiger partial charge in [-0.25, -0.2) is 13.1 Å². The molecule has 0 saturated carbocycles. The quantitative estimate of drug-likeness (QED) is 0.936. The molecule has 0 unspecified atom stereocenters. The Morgan fingerprint density at radius 1 is 1.14 bits per heavy atom. The van der Waals surface area contributed by atoms with Crippen molar-refractivity contribution in [2.75, 3.05) is 0 Å². The normalized spacial score (nSPS) is 10.7. The standard InChI is InChI=1S/C16H14N2O3S/c1-12-6-8-13(9-7-12)16(19)18-22(20,21)11-15-5-3-2-4-14(15)10-17/h2-9H,11H2,1H3,(H,18,19). The van der Waals surface area contributed by atoms with Crippen LogP contribution in [-0.2, 0) is 15.8 Å². The number of aryl methyl sites for hydroxylation is 1. The molecule has 2 aromatic carbocycles. The van der Waals surface area contributed by atoms with Crippen molar-refractivity contribution in [2.24, 2.45) is 0 Å². The maximum absolute atomic E-state index is 12.1. The van der Waals surface area contributed by atoms with Crippen LogP contribution >= 0.6 is 0 Å². The first kappa shape index (κ1) is 15.7. The number of nitrogens with one attached hydrogen (secondary N) is 1. The Balaban J connectivity index is 2.16. The molecule has 0 heterocycles. The van der Waals surface area contributed by atoms with Crippen molar-refractivity contribution in [1.29, 1.82) is 5.26 Å². The number of sulfonamides is 1. The van der Waals surface area contributed by atoms with E-state index in [1.165, 1.54) is 6.07 Å². The zero-order valence-electron chi connectivity index (χ0n) is 11.9. The summed E-state index contributed by atoms with van der Waals surface area (Å²) in [4.78, 5) is 12.0. The summed E-state index contributed by atoms with van der Waals surface area (Å²) in [6, 6.07) is 14.9. The number of nitriles is 1. The third-order valence-electron chi connectivity index (χ3n) is 3.05. The average molecular weight is 314 g/mol. The fraction of sp³-hybridized carbons (Fsp3) is 0.125. The lowest BCUT2D eigenvalue weighted by molar-refractivity contribution is 0.0981. The summed E-state index contributed by atoms with van der Waals surface area (Å²) < 4.78 is 26.2. The van der Waals surface area contributed by atoms with E-state index in [-0.39, 0.29) is 11.1 Å². The second kappa shape index (κ2) is 6.41. The van der Waals surface area contributed by atoms with E-state index in [4.69, 9.17) is 5.26 Å². The van der Waals surface area contributed by atoms with Crippen LogP contribution in [0.2, 0.25) is 0 Å². The van der Waals surface area contributed by atoms with Gasteiger partial charge in [0.25, 0.3) is 5.91 Å². The van der Waals surface area contributed by atoms with Crippen molar-refractivity contribution < 1.29 is 13.2 Å². The largest absolute Gasteiger partial charge is 0.268 e. The fourth-order valence-corrected chi connectivity index (χ4v) is 3.03. The first-order valence-electron chi connectivity index (χ1n) is 6.51. The van der Waals surface area contributed by atoms with E-state index in [9.17, 15) is 13.2 Å². The summed E-state index contributed by atoms with van der Waals surface area (Å²) in [7, 11) is -3.88. The van der Waals surface area contributed by atoms with Crippen LogP contribution in [-0.4, -0.2) is 14.3 Å². The van der Waals surface area contributed by atoms with E-state index in [2.05, 4.69) is 0 Å². The second-order valence-electron chi connectivity index (χ2n) is 4.83. The molecule has 0 fully saturated rings. The number of carbonyl (C=O) groups excluding carboxylic acids is 1. The number of benzene rings is 2. The lowest BCUT2D eigenvalue weighted by atomic mass is 10.1. The summed E-state index contributed by atoms with van der Waals surface area (Å²) >= 11 is 0. The molecule has 0 bridgehead atoms. The molecular weight excluding hydrogens is 300 g/mol. The second-order valence-corrected chi connectivity index (χ2v) is 6.55. The Labute approximate surface area is 129 Å². The van der Waals surface area contributed by atoms with Gasteiger partial charge in [-0.3, -0.25) is 4.79 Å². The first-order chi connectivity index (χ1) is 10.4. The first-order valence-corrected chi connectivity index (χ1v) is 8.16. The van der Waals surface area contributed by atoms with E-state index in [0.29, 0.717) is 5.56 Å². The van der Waals surface area contributed by atoms with E-state index >= 15 is 0 Å². The molecule has 22 heavy (non-hydrogen) atoms. The van der Waals surface area contributed by atoms with Crippen LogP contribution < -0.4 is 4.72 Å². The fourth-order valence-electron chi connectivity index (χ4n) is 1.90. The summed E-state index contributed by atoms with van der Waals surface area (Å²) in [5.41, 5.74) is 1.87. The Bertz CT molecular complexity index is 834. The molecule has 0 aliphatic rings. The van der Waals surface area contributed by atoms with Crippen LogP contribution in [0.25, 0.3) is 0 Å². The van der Waals surface area contributed by atoms with Crippen LogP contribution in [0, 0.1) is 18.3 Å². The molecule has 6 heteroatoms. The Morgan fingerprint density at radius 2 is 1.77 bits per heavy atom. The zero-order chi connectivity index (χ0) is 16.2. The van der Waals surface area contributed by atoms with Gasteiger partial charge in [-0.1, -0.05) is 35.9 Å². The van der Waals surface area contributed by atoms with Crippen molar-refractivity contribution in [1.82, 2.24) is 4.72 Å². The monoisotopic (exact) mass is 314 g/mol. The number of hydrogen-bond acceptors (Lipinski definition) is 4. The van der Waals surface area contributed by atoms with E-state index in [1.54, 1.807) is 42.5 Å². The van der Waals surface area contributed by atoms with Crippen LogP contribution in [0.5, 0.6) is 0 Å². The smallest absolute Gasteiger partial charge is 0.264 e. The van der Waals surface area contributed by atoms with Gasteiger partial charge in [0.05, 0.1) is 17.4 Å². The minimum Gasteiger partial charge on any atom is -0.268 e. The van der Waals surface area contributed by atoms with Crippen LogP contribution in [0.4, 0.5) is 0 Å². The number of rotatable bonds is 4. The molecule has 1 amide bonds. The molecule has 0 atom stereocenters. The van der Waals surface area contributed by atoms with Crippen LogP contribution in [0.3, 0.4) is 0 Å². The van der Waals surface area contributed by atoms with Gasteiger partial charge in [0.1, 0.15) is 0 Å². The maximum Gasteiger partial charge on any atom is 0.264 e. The molecule has 0 spiro atoms. The predicted molar refractivity (Wildman–Crippen MR) is 82.4 cm³/mol. The average Bonchev–Trinajstić information content (AvgIpc) is 2.47. The van der Waals surface area contributed by atoms with E-state index in [1.807, 2.05) is 17.7 Å². The van der Waals surface area contributed by atoms with Gasteiger partial charge in [0.15, 0.2) is 0 Å². The molecule has 0 radical (unpaired) electrons. The Kier molecular flexibility index (Phi) is 4.59. The molecular formula is C16H14N2O3S. The van der Waals surface area contributed by atoms with Crippen molar-refractivity contribution >= 4 is 15.9 Å². The minimum absolute atomic E-state index is 0.266. The zero-order valence-corrected chi connectivity index (χ0v) is 12.7. The van der Waals surface area contributed by atoms with Crippen molar-refractivity contribution in [3.05, 3.63) is 70.8 Å². The number of amides is 1. The summed E-state index contributed by atoms with van der Waals surface area (Å²) in [6.45, 7) is 1.87. The summed E-state index contributed by atoms with van der Waals surface area (Å²) in [5, 5.41) is 8.97. The van der Waals surface area contributed by atoms with Crippen LogP contribution in [0.1, 0.15) is 27.0 Å². The lowest BCUT2D eigenvalue weighted by Crippen LogP contribution is -2.31. The highest BCUT2D eigenvalue weighted by atomic mass is 32.2. The number of nitrogens with zero attached hydrogens (tertiary/aromatic N) is 1. The van der Waals surface area contributed by atoms with Crippen molar-refractivity contribution in [2.45, 2.75) is 12.7 Å². The SMILES string of the molecule is Cc1ccc(C(=O)NS(=O)(=O)Cc2ccccc2C#N)cc1. The maximum atomic E-state index is 12.1. The molecule has 0 aliphatic carbocycles. The Hall–Kier alpha value is -2.65. The molecule has 0 aliphatic heterocycles. The van der Waals surface area contributed by atoms with Crippen LogP contribution in [0.15, 0.2) is 48.5 Å². The third-order valence-corrected chi connectivity index (χ3v) is 4.23. The highest BCUT2D eigenvalue weighted by molar-refractivity contribution is 7.89. The highest BCUT2D eigenvalue weighted by Crippen LogP contribution is 2.11. The molecule has 112 valence electrons. The van der Waals surface area contributed by atoms with Gasteiger partial charge < -0.3 is 0 Å². The minimum atomic E-state index is -3.88. The van der Waals surface area contributed by atoms with Gasteiger partial charge >= 0.3 is 0 Å². The highest BCUT2D eigenvalue weighted by Gasteiger charge is 2.18. The Morgan fingerprint density at radius 3 is 2.41 bits per heavy atom. The van der Waals surface area contributed by atoms with E-state index in [0.717, 1.165) is 5.56 Å². The third kappa shape index (κ3) is 3.93. The molecule has 0 aromatic heterocycles. The van der Waals surface area contributed by atoms with Gasteiger partial charge in [0, 0.05) is 5.56 Å². The van der Waals surface area contributed by atoms with Crippen molar-refractivity contribution in [3.8, 4) is 6.07 Å². The van der Waals surface area contributed by atoms with Gasteiger partial charge in [-0.05, 0) is 30.7 Å². The van der Waals surface area contributed by atoms with E-state index < -0.39 is 21.7 Å². The number of hydrogen-bond donors (Lipinski definition) is 1. The molecule has 1 N–H and O–H groups in total. The predicted octanol–water partition coefficient (Wildman–Crippen LogP) is 2.13. The van der Waals surface area contributed by atoms with Crippen molar-refractivity contribution in [3.63, 3.8) is 0 Å². The molecule has 2 aromatic rings. The topological polar surface area (TPSA) is 87.0 Å². The molecule has 2 rings (SSSR count). The van der Waals surface area contributed by atoms with Gasteiger partial charge in [-0.2, -0.15) is 5.26 Å². The molecule has 5 nitrogen and oxygen atoms in total. The summed E-state index contributed by atoms with van der Waals surface area (Å²) in [6.07, 6.45) is 0. The van der Waals surface area contributed by atoms with Gasteiger partial charge in [0.2, 0.25) is 10.0 Å². The lowest BCUT2D eigenvalue weighted by Gasteiger charge is -2.08. The van der Waals surface area contributed by atoms with Gasteiger partial charge in [-0.15, -0.1) is 0 Å². The summed E-state index contributed by atoms with van der Waals surface area (Å²) in [5.74, 6) is -1.11.